The third kappa shape index (κ3) is 9.40. The molecule has 0 aliphatic rings. The van der Waals surface area contributed by atoms with E-state index in [0.717, 1.165) is 40.3 Å². The number of hydrogen-bond donors (Lipinski definition) is 2. The number of anilines is 1. The molecule has 0 unspecified atom stereocenters. The number of aryl methyl sites for hydroxylation is 1. The van der Waals surface area contributed by atoms with Crippen LogP contribution in [-0.4, -0.2) is 64.1 Å². The molecule has 12 heteroatoms. The van der Waals surface area contributed by atoms with E-state index in [2.05, 4.69) is 20.6 Å². The van der Waals surface area contributed by atoms with Gasteiger partial charge in [-0.2, -0.15) is 16.4 Å². The first kappa shape index (κ1) is 31.7. The number of alkyl carbamates (subject to hydrolysis) is 1. The van der Waals surface area contributed by atoms with Gasteiger partial charge in [-0.05, 0) is 69.7 Å². The zero-order valence-corrected chi connectivity index (χ0v) is 26.4. The molecular formula is C31H41N7O4S. The number of ether oxygens (including phenoxy) is 2. The Bertz CT molecular complexity index is 1480. The summed E-state index contributed by atoms with van der Waals surface area (Å²) < 4.78 is 13.1. The van der Waals surface area contributed by atoms with Gasteiger partial charge in [0.1, 0.15) is 23.8 Å². The molecule has 0 atom stereocenters. The average Bonchev–Trinajstić information content (AvgIpc) is 3.65. The van der Waals surface area contributed by atoms with Crippen LogP contribution in [0.15, 0.2) is 47.3 Å². The molecule has 11 nitrogen and oxygen atoms in total. The number of thiophene rings is 1. The molecule has 0 aliphatic heterocycles. The zero-order valence-electron chi connectivity index (χ0n) is 25.6. The Labute approximate surface area is 256 Å². The number of benzene rings is 1. The van der Waals surface area contributed by atoms with Crippen LogP contribution >= 0.6 is 11.3 Å². The lowest BCUT2D eigenvalue weighted by Crippen LogP contribution is -2.33. The van der Waals surface area contributed by atoms with E-state index < -0.39 is 11.7 Å². The summed E-state index contributed by atoms with van der Waals surface area (Å²) in [5, 5.41) is 15.1. The SMILES string of the molecule is CCn1ncc2c(N(C)CCOc3ccc(CNC(=O)CCCCNC(=O)OC(C)(C)C)cc3)nc(-c3ccsc3)nc21. The topological polar surface area (TPSA) is 124 Å². The first-order valence-corrected chi connectivity index (χ1v) is 15.5. The first-order valence-electron chi connectivity index (χ1n) is 14.6. The lowest BCUT2D eigenvalue weighted by molar-refractivity contribution is -0.121. The molecule has 3 aromatic heterocycles. The van der Waals surface area contributed by atoms with Gasteiger partial charge in [0.25, 0.3) is 0 Å². The second kappa shape index (κ2) is 14.8. The lowest BCUT2D eigenvalue weighted by Gasteiger charge is -2.20. The number of carbonyl (C=O) groups excluding carboxylic acids is 2. The number of nitrogens with one attached hydrogen (secondary N) is 2. The number of aromatic nitrogens is 4. The molecule has 0 spiro atoms. The van der Waals surface area contributed by atoms with Crippen LogP contribution in [0.5, 0.6) is 5.75 Å². The van der Waals surface area contributed by atoms with Crippen molar-refractivity contribution in [2.75, 3.05) is 31.6 Å². The third-order valence-electron chi connectivity index (χ3n) is 6.52. The molecule has 2 N–H and O–H groups in total. The zero-order chi connectivity index (χ0) is 30.8. The summed E-state index contributed by atoms with van der Waals surface area (Å²) in [4.78, 5) is 35.6. The molecule has 0 bridgehead atoms. The Morgan fingerprint density at radius 2 is 1.86 bits per heavy atom. The van der Waals surface area contributed by atoms with Crippen LogP contribution in [0.4, 0.5) is 10.6 Å². The lowest BCUT2D eigenvalue weighted by atomic mass is 10.2. The third-order valence-corrected chi connectivity index (χ3v) is 7.21. The minimum absolute atomic E-state index is 0.0221. The van der Waals surface area contributed by atoms with E-state index in [4.69, 9.17) is 19.4 Å². The Morgan fingerprint density at radius 1 is 1.07 bits per heavy atom. The van der Waals surface area contributed by atoms with Crippen molar-refractivity contribution < 1.29 is 19.1 Å². The summed E-state index contributed by atoms with van der Waals surface area (Å²) in [6.45, 7) is 10.2. The fourth-order valence-electron chi connectivity index (χ4n) is 4.30. The Hall–Kier alpha value is -4.19. The van der Waals surface area contributed by atoms with Gasteiger partial charge in [0.05, 0.1) is 18.1 Å². The van der Waals surface area contributed by atoms with Crippen molar-refractivity contribution >= 4 is 40.2 Å². The summed E-state index contributed by atoms with van der Waals surface area (Å²) in [6.07, 6.45) is 3.17. The maximum absolute atomic E-state index is 12.2. The quantitative estimate of drug-likeness (QED) is 0.183. The monoisotopic (exact) mass is 607 g/mol. The highest BCUT2D eigenvalue weighted by atomic mass is 32.1. The number of likely N-dealkylation sites (N-methyl/N-ethyl adjacent to an activating group) is 1. The molecular weight excluding hydrogens is 566 g/mol. The van der Waals surface area contributed by atoms with Crippen LogP contribution in [0, 0.1) is 0 Å². The number of fused-ring (bicyclic) bond motifs is 1. The largest absolute Gasteiger partial charge is 0.492 e. The first-order chi connectivity index (χ1) is 20.6. The maximum Gasteiger partial charge on any atom is 0.407 e. The van der Waals surface area contributed by atoms with Crippen molar-refractivity contribution in [3.8, 4) is 17.1 Å². The molecule has 230 valence electrons. The van der Waals surface area contributed by atoms with Gasteiger partial charge in [0.15, 0.2) is 11.5 Å². The Balaban J connectivity index is 1.20. The highest BCUT2D eigenvalue weighted by molar-refractivity contribution is 7.08. The van der Waals surface area contributed by atoms with Crippen molar-refractivity contribution in [3.63, 3.8) is 0 Å². The van der Waals surface area contributed by atoms with Crippen molar-refractivity contribution in [1.82, 2.24) is 30.4 Å². The fraction of sp³-hybridized carbons (Fsp3) is 0.452. The predicted molar refractivity (Wildman–Crippen MR) is 169 cm³/mol. The Morgan fingerprint density at radius 3 is 2.56 bits per heavy atom. The normalized spacial score (nSPS) is 11.4. The van der Waals surface area contributed by atoms with Gasteiger partial charge < -0.3 is 25.0 Å². The standard InChI is InChI=1S/C31H41N7O4S/c1-6-38-29-25(20-34-38)28(35-27(36-29)23-14-18-43-21-23)37(5)16-17-41-24-12-10-22(11-13-24)19-33-26(39)9-7-8-15-32-30(40)42-31(2,3)4/h10-14,18,20-21H,6-9,15-17,19H2,1-5H3,(H,32,40)(H,33,39). The smallest absolute Gasteiger partial charge is 0.407 e. The highest BCUT2D eigenvalue weighted by Gasteiger charge is 2.17. The van der Waals surface area contributed by atoms with E-state index >= 15 is 0 Å². The van der Waals surface area contributed by atoms with Crippen molar-refractivity contribution in [2.24, 2.45) is 0 Å². The molecule has 43 heavy (non-hydrogen) atoms. The fourth-order valence-corrected chi connectivity index (χ4v) is 4.93. The van der Waals surface area contributed by atoms with Crippen molar-refractivity contribution in [3.05, 3.63) is 52.9 Å². The number of hydrogen-bond acceptors (Lipinski definition) is 9. The summed E-state index contributed by atoms with van der Waals surface area (Å²) in [7, 11) is 2.00. The van der Waals surface area contributed by atoms with Gasteiger partial charge in [0, 0.05) is 44.0 Å². The molecule has 0 aliphatic carbocycles. The summed E-state index contributed by atoms with van der Waals surface area (Å²) >= 11 is 1.62. The van der Waals surface area contributed by atoms with Gasteiger partial charge in [-0.15, -0.1) is 0 Å². The van der Waals surface area contributed by atoms with Gasteiger partial charge in [0.2, 0.25) is 5.91 Å². The molecule has 1 aromatic carbocycles. The van der Waals surface area contributed by atoms with Crippen LogP contribution in [0.25, 0.3) is 22.4 Å². The molecule has 4 aromatic rings. The van der Waals surface area contributed by atoms with Crippen LogP contribution in [0.2, 0.25) is 0 Å². The highest BCUT2D eigenvalue weighted by Crippen LogP contribution is 2.28. The van der Waals surface area contributed by atoms with Crippen LogP contribution in [-0.2, 0) is 22.6 Å². The molecule has 3 heterocycles. The van der Waals surface area contributed by atoms with Crippen molar-refractivity contribution in [2.45, 2.75) is 65.6 Å². The average molecular weight is 608 g/mol. The number of nitrogens with zero attached hydrogens (tertiary/aromatic N) is 5. The summed E-state index contributed by atoms with van der Waals surface area (Å²) in [5.41, 5.74) is 2.28. The van der Waals surface area contributed by atoms with E-state index in [1.165, 1.54) is 0 Å². The Kier molecular flexibility index (Phi) is 10.9. The molecule has 0 fully saturated rings. The van der Waals surface area contributed by atoms with E-state index in [0.29, 0.717) is 51.3 Å². The number of carbonyl (C=O) groups is 2. The molecule has 0 radical (unpaired) electrons. The number of amides is 2. The van der Waals surface area contributed by atoms with Crippen molar-refractivity contribution in [1.29, 1.82) is 0 Å². The minimum Gasteiger partial charge on any atom is -0.492 e. The van der Waals surface area contributed by atoms with Gasteiger partial charge in [-0.25, -0.2) is 19.4 Å². The summed E-state index contributed by atoms with van der Waals surface area (Å²) in [6, 6.07) is 9.74. The van der Waals surface area contributed by atoms with Gasteiger partial charge in [-0.1, -0.05) is 12.1 Å². The van der Waals surface area contributed by atoms with Crippen LogP contribution in [0.1, 0.15) is 52.5 Å². The van der Waals surface area contributed by atoms with E-state index in [-0.39, 0.29) is 5.91 Å². The maximum atomic E-state index is 12.2. The second-order valence-corrected chi connectivity index (χ2v) is 11.9. The van der Waals surface area contributed by atoms with Gasteiger partial charge >= 0.3 is 6.09 Å². The van der Waals surface area contributed by atoms with Crippen LogP contribution in [0.3, 0.4) is 0 Å². The van der Waals surface area contributed by atoms with E-state index in [9.17, 15) is 9.59 Å². The number of rotatable bonds is 14. The predicted octanol–water partition coefficient (Wildman–Crippen LogP) is 5.40. The van der Waals surface area contributed by atoms with Gasteiger partial charge in [-0.3, -0.25) is 4.79 Å². The molecule has 4 rings (SSSR count). The minimum atomic E-state index is -0.522. The van der Waals surface area contributed by atoms with E-state index in [1.807, 2.05) is 86.7 Å². The summed E-state index contributed by atoms with van der Waals surface area (Å²) in [5.74, 6) is 2.24. The van der Waals surface area contributed by atoms with Crippen LogP contribution < -0.4 is 20.3 Å². The number of unbranched alkanes of at least 4 members (excludes halogenated alkanes) is 1. The van der Waals surface area contributed by atoms with E-state index in [1.54, 1.807) is 11.3 Å². The molecule has 0 saturated heterocycles. The molecule has 2 amide bonds. The molecule has 0 saturated carbocycles. The second-order valence-electron chi connectivity index (χ2n) is 11.2.